The number of nitrogens with one attached hydrogen (secondary N) is 2. The summed E-state index contributed by atoms with van der Waals surface area (Å²) in [7, 11) is -3.85. The number of hydrogen-bond acceptors (Lipinski definition) is 6. The van der Waals surface area contributed by atoms with Crippen LogP contribution in [0.1, 0.15) is 54.5 Å². The minimum absolute atomic E-state index is 0.0258. The first-order valence-electron chi connectivity index (χ1n) is 9.69. The fourth-order valence-corrected chi connectivity index (χ4v) is 4.53. The van der Waals surface area contributed by atoms with Crippen LogP contribution in [0.25, 0.3) is 0 Å². The molecule has 2 aromatic rings. The zero-order chi connectivity index (χ0) is 21.9. The Hall–Kier alpha value is -2.72. The van der Waals surface area contributed by atoms with Crippen LogP contribution in [0.15, 0.2) is 46.2 Å². The molecule has 0 unspecified atom stereocenters. The van der Waals surface area contributed by atoms with Crippen LogP contribution in [0, 0.1) is 0 Å². The zero-order valence-corrected chi connectivity index (χ0v) is 18.0. The lowest BCUT2D eigenvalue weighted by atomic mass is 10.0. The molecule has 0 aromatic carbocycles. The molecule has 1 aliphatic rings. The first-order valence-corrected chi connectivity index (χ1v) is 11.2. The Balaban J connectivity index is 1.57. The van der Waals surface area contributed by atoms with Crippen LogP contribution >= 0.6 is 0 Å². The predicted molar refractivity (Wildman–Crippen MR) is 109 cm³/mol. The van der Waals surface area contributed by atoms with Crippen molar-refractivity contribution in [3.05, 3.63) is 48.0 Å². The monoisotopic (exact) mass is 434 g/mol. The van der Waals surface area contributed by atoms with E-state index in [1.165, 1.54) is 18.3 Å². The number of sulfonamides is 1. The van der Waals surface area contributed by atoms with E-state index >= 15 is 0 Å². The highest BCUT2D eigenvalue weighted by Gasteiger charge is 2.29. The summed E-state index contributed by atoms with van der Waals surface area (Å²) < 4.78 is 32.5. The third-order valence-corrected chi connectivity index (χ3v) is 6.17. The van der Waals surface area contributed by atoms with Gasteiger partial charge in [0.05, 0.1) is 5.56 Å². The number of pyridine rings is 1. The third kappa shape index (κ3) is 5.45. The lowest BCUT2D eigenvalue weighted by Gasteiger charge is -2.31. The molecule has 0 radical (unpaired) electrons. The molecule has 1 fully saturated rings. The highest BCUT2D eigenvalue weighted by Crippen LogP contribution is 2.20. The summed E-state index contributed by atoms with van der Waals surface area (Å²) in [5.74, 6) is -0.591. The Kier molecular flexibility index (Phi) is 6.27. The van der Waals surface area contributed by atoms with Gasteiger partial charge in [0.15, 0.2) is 5.76 Å². The highest BCUT2D eigenvalue weighted by atomic mass is 32.2. The smallest absolute Gasteiger partial charge is 0.289 e. The van der Waals surface area contributed by atoms with Crippen LogP contribution in [-0.4, -0.2) is 54.8 Å². The van der Waals surface area contributed by atoms with Crippen molar-refractivity contribution in [2.75, 3.05) is 13.1 Å². The molecule has 0 atom stereocenters. The minimum atomic E-state index is -3.85. The van der Waals surface area contributed by atoms with Crippen molar-refractivity contribution in [1.82, 2.24) is 19.9 Å². The van der Waals surface area contributed by atoms with Gasteiger partial charge in [0.1, 0.15) is 0 Å². The molecule has 3 rings (SSSR count). The average Bonchev–Trinajstić information content (AvgIpc) is 3.18. The van der Waals surface area contributed by atoms with Crippen LogP contribution in [0.2, 0.25) is 0 Å². The largest absolute Gasteiger partial charge is 0.438 e. The number of hydrogen-bond donors (Lipinski definition) is 2. The molecule has 0 aliphatic carbocycles. The van der Waals surface area contributed by atoms with Crippen molar-refractivity contribution >= 4 is 21.8 Å². The number of aromatic nitrogens is 1. The molecule has 9 nitrogen and oxygen atoms in total. The van der Waals surface area contributed by atoms with Crippen LogP contribution in [0.3, 0.4) is 0 Å². The van der Waals surface area contributed by atoms with Crippen molar-refractivity contribution in [3.63, 3.8) is 0 Å². The molecule has 2 amide bonds. The Morgan fingerprint density at radius 1 is 1.17 bits per heavy atom. The number of rotatable bonds is 5. The maximum absolute atomic E-state index is 12.7. The average molecular weight is 435 g/mol. The SMILES string of the molecule is CC(C)(C)NS(=O)(=O)c1ccc(C(=O)N2CCC(NC(=O)c3cccnc3)CC2)o1. The number of likely N-dealkylation sites (tertiary alicyclic amines) is 1. The summed E-state index contributed by atoms with van der Waals surface area (Å²) in [5.41, 5.74) is -0.179. The molecule has 162 valence electrons. The molecule has 1 saturated heterocycles. The van der Waals surface area contributed by atoms with Gasteiger partial charge in [-0.25, -0.2) is 13.1 Å². The lowest BCUT2D eigenvalue weighted by molar-refractivity contribution is 0.0662. The Bertz CT molecular complexity index is 1000. The van der Waals surface area contributed by atoms with E-state index in [0.717, 1.165) is 0 Å². The fraction of sp³-hybridized carbons (Fsp3) is 0.450. The second-order valence-electron chi connectivity index (χ2n) is 8.26. The maximum Gasteiger partial charge on any atom is 0.289 e. The second-order valence-corrected chi connectivity index (χ2v) is 9.87. The molecule has 10 heteroatoms. The van der Waals surface area contributed by atoms with E-state index < -0.39 is 15.6 Å². The van der Waals surface area contributed by atoms with Crippen molar-refractivity contribution in [3.8, 4) is 0 Å². The van der Waals surface area contributed by atoms with Gasteiger partial charge in [-0.2, -0.15) is 0 Å². The quantitative estimate of drug-likeness (QED) is 0.740. The Labute approximate surface area is 175 Å². The molecule has 0 spiro atoms. The number of carbonyl (C=O) groups excluding carboxylic acids is 2. The van der Waals surface area contributed by atoms with Gasteiger partial charge in [0.2, 0.25) is 5.09 Å². The van der Waals surface area contributed by atoms with Gasteiger partial charge < -0.3 is 14.6 Å². The molecule has 0 bridgehead atoms. The van der Waals surface area contributed by atoms with Crippen molar-refractivity contribution in [2.24, 2.45) is 0 Å². The number of piperidine rings is 1. The lowest BCUT2D eigenvalue weighted by Crippen LogP contribution is -2.46. The van der Waals surface area contributed by atoms with E-state index in [0.29, 0.717) is 31.5 Å². The number of amides is 2. The molecular weight excluding hydrogens is 408 g/mol. The minimum Gasteiger partial charge on any atom is -0.438 e. The molecule has 2 aromatic heterocycles. The second kappa shape index (κ2) is 8.57. The summed E-state index contributed by atoms with van der Waals surface area (Å²) in [5, 5.41) is 2.66. The summed E-state index contributed by atoms with van der Waals surface area (Å²) in [6.45, 7) is 6.02. The van der Waals surface area contributed by atoms with Gasteiger partial charge in [-0.15, -0.1) is 0 Å². The van der Waals surface area contributed by atoms with Crippen molar-refractivity contribution in [2.45, 2.75) is 50.3 Å². The Morgan fingerprint density at radius 2 is 1.87 bits per heavy atom. The standard InChI is InChI=1S/C20H26N4O5S/c1-20(2,3)23-30(27,28)17-7-6-16(29-17)19(26)24-11-8-15(9-12-24)22-18(25)14-5-4-10-21-13-14/h4-7,10,13,15,23H,8-9,11-12H2,1-3H3,(H,22,25). The van der Waals surface area contributed by atoms with Crippen LogP contribution in [0.4, 0.5) is 0 Å². The van der Waals surface area contributed by atoms with Crippen LogP contribution in [0.5, 0.6) is 0 Å². The molecule has 2 N–H and O–H groups in total. The van der Waals surface area contributed by atoms with Gasteiger partial charge in [0.25, 0.3) is 21.8 Å². The number of nitrogens with zero attached hydrogens (tertiary/aromatic N) is 2. The topological polar surface area (TPSA) is 122 Å². The van der Waals surface area contributed by atoms with Gasteiger partial charge >= 0.3 is 0 Å². The van der Waals surface area contributed by atoms with Gasteiger partial charge in [-0.1, -0.05) is 0 Å². The van der Waals surface area contributed by atoms with E-state index in [9.17, 15) is 18.0 Å². The fourth-order valence-electron chi connectivity index (χ4n) is 3.18. The highest BCUT2D eigenvalue weighted by molar-refractivity contribution is 7.89. The summed E-state index contributed by atoms with van der Waals surface area (Å²) in [6.07, 6.45) is 4.29. The molecule has 0 saturated carbocycles. The van der Waals surface area contributed by atoms with Gasteiger partial charge in [0, 0.05) is 37.1 Å². The van der Waals surface area contributed by atoms with E-state index in [1.54, 1.807) is 44.0 Å². The van der Waals surface area contributed by atoms with E-state index in [4.69, 9.17) is 4.42 Å². The first-order chi connectivity index (χ1) is 14.0. The maximum atomic E-state index is 12.7. The van der Waals surface area contributed by atoms with E-state index in [2.05, 4.69) is 15.0 Å². The van der Waals surface area contributed by atoms with Crippen LogP contribution in [-0.2, 0) is 10.0 Å². The van der Waals surface area contributed by atoms with Crippen molar-refractivity contribution < 1.29 is 22.4 Å². The van der Waals surface area contributed by atoms with Crippen molar-refractivity contribution in [1.29, 1.82) is 0 Å². The normalized spacial score (nSPS) is 15.8. The van der Waals surface area contributed by atoms with Crippen LogP contribution < -0.4 is 10.0 Å². The van der Waals surface area contributed by atoms with E-state index in [-0.39, 0.29) is 28.7 Å². The van der Waals surface area contributed by atoms with Gasteiger partial charge in [-0.3, -0.25) is 14.6 Å². The molecule has 3 heterocycles. The molecule has 30 heavy (non-hydrogen) atoms. The number of carbonyl (C=O) groups is 2. The van der Waals surface area contributed by atoms with Gasteiger partial charge in [-0.05, 0) is 57.9 Å². The summed E-state index contributed by atoms with van der Waals surface area (Å²) in [6, 6.07) is 5.99. The Morgan fingerprint density at radius 3 is 2.47 bits per heavy atom. The van der Waals surface area contributed by atoms with E-state index in [1.807, 2.05) is 0 Å². The zero-order valence-electron chi connectivity index (χ0n) is 17.2. The number of furan rings is 1. The predicted octanol–water partition coefficient (Wildman–Crippen LogP) is 1.79. The summed E-state index contributed by atoms with van der Waals surface area (Å²) in [4.78, 5) is 30.5. The molecule has 1 aliphatic heterocycles. The first kappa shape index (κ1) is 22.0. The molecular formula is C20H26N4O5S. The summed E-state index contributed by atoms with van der Waals surface area (Å²) >= 11 is 0. The third-order valence-electron chi connectivity index (χ3n) is 4.54.